The summed E-state index contributed by atoms with van der Waals surface area (Å²) in [5.74, 6) is 1.25. The van der Waals surface area contributed by atoms with Gasteiger partial charge in [-0.2, -0.15) is 135 Å². The van der Waals surface area contributed by atoms with E-state index in [4.69, 9.17) is 9.47 Å². The molecule has 20 aromatic rings. The second-order valence-electron chi connectivity index (χ2n) is 33.7. The molecular weight excluding hydrogens is 2540 g/mol. The molecule has 16 aromatic carbocycles. The molecule has 0 unspecified atom stereocenters. The van der Waals surface area contributed by atoms with Gasteiger partial charge in [0.05, 0.1) is 0 Å². The van der Waals surface area contributed by atoms with Crippen molar-refractivity contribution in [3.05, 3.63) is 559 Å². The Hall–Kier alpha value is -15.4. The number of aromatic nitrogens is 4. The number of rotatable bonds is 14. The quantitative estimate of drug-likeness (QED) is 0.0967. The molecule has 14 nitrogen and oxygen atoms in total. The first-order valence-electron chi connectivity index (χ1n) is 47.0. The molecule has 24 rings (SSSR count). The van der Waals surface area contributed by atoms with Gasteiger partial charge in [0, 0.05) is 106 Å². The van der Waals surface area contributed by atoms with E-state index in [0.29, 0.717) is 29.0 Å². The van der Waals surface area contributed by atoms with Gasteiger partial charge >= 0.3 is 80.4 Å². The monoisotopic (exact) mass is 2650 g/mol. The van der Waals surface area contributed by atoms with E-state index in [1.165, 1.54) is 112 Å². The normalized spacial score (nSPS) is 11.7. The molecule has 0 saturated heterocycles. The maximum absolute atomic E-state index is 13.2. The van der Waals surface area contributed by atoms with Crippen LogP contribution in [0.3, 0.4) is 0 Å². The molecule has 8 heterocycles. The van der Waals surface area contributed by atoms with E-state index in [0.717, 1.165) is 46.1 Å². The number of hydrogen-bond acceptors (Lipinski definition) is 14. The van der Waals surface area contributed by atoms with Crippen LogP contribution in [0.2, 0.25) is 0 Å². The Morgan fingerprint density at radius 2 is 0.622 bits per heavy atom. The third-order valence-electron chi connectivity index (χ3n) is 23.7. The van der Waals surface area contributed by atoms with Gasteiger partial charge in [-0.25, -0.2) is 9.97 Å². The first-order chi connectivity index (χ1) is 70.6. The molecule has 0 amide bonds. The summed E-state index contributed by atoms with van der Waals surface area (Å²) in [6.07, 6.45) is 6.72. The van der Waals surface area contributed by atoms with Crippen LogP contribution in [0.25, 0.3) is 67.0 Å². The van der Waals surface area contributed by atoms with Crippen LogP contribution in [0.5, 0.6) is 23.3 Å². The van der Waals surface area contributed by atoms with Crippen molar-refractivity contribution in [2.24, 2.45) is 0 Å². The molecular formula is C128H102F2Ir4N12O2. The van der Waals surface area contributed by atoms with E-state index in [1.54, 1.807) is 67.3 Å². The predicted molar refractivity (Wildman–Crippen MR) is 583 cm³/mol. The van der Waals surface area contributed by atoms with Crippen LogP contribution in [0.4, 0.5) is 77.0 Å². The minimum atomic E-state index is -0.649. The number of benzene rings is 16. The zero-order valence-corrected chi connectivity index (χ0v) is 91.9. The summed E-state index contributed by atoms with van der Waals surface area (Å²) in [5.41, 5.74) is 31.6. The molecule has 0 radical (unpaired) electrons. The van der Waals surface area contributed by atoms with Crippen LogP contribution >= 0.6 is 0 Å². The third kappa shape index (κ3) is 28.3. The second-order valence-corrected chi connectivity index (χ2v) is 33.7. The third-order valence-corrected chi connectivity index (χ3v) is 23.7. The molecule has 0 saturated carbocycles. The SMILES string of the molecule is CN1[CH-]N(c2[c-]ccc(-c3ccccc3)c2)c2ccccc21.CN1[CH-]N(c2[c-]ccc(-c3ccccc3)c2)c2ccccc21.Cc1c[c-]c(N2[CH-]N(C)c3ccccc32)c(C)c1-c1ccccc1.Cc1cccc(C)c1-c1cc[c-]c(N2[CH-]N(C)c3ccccc32)c1.Fc1c[c-]c(-c2ccccn2)c(F)c1.[Ir+3].[Ir+3].[Ir+3].[Ir+3].[c-]1ccccc1-c1ccccn1.[c-]1ccccc1Oc1ccccn1.[c-]1ccccc1Oc1ccccn1. The number of aryl methyl sites for hydroxylation is 3. The summed E-state index contributed by atoms with van der Waals surface area (Å²) >= 11 is 0. The largest absolute Gasteiger partial charge is 3.00 e. The topological polar surface area (TPSA) is 95.9 Å². The van der Waals surface area contributed by atoms with Gasteiger partial charge < -0.3 is 58.6 Å². The molecule has 0 fully saturated rings. The van der Waals surface area contributed by atoms with Crippen molar-refractivity contribution in [1.29, 1.82) is 0 Å². The molecule has 0 N–H and O–H groups in total. The minimum Gasteiger partial charge on any atom is -0.504 e. The molecule has 0 aliphatic carbocycles. The Morgan fingerprint density at radius 1 is 0.264 bits per heavy atom. The van der Waals surface area contributed by atoms with Gasteiger partial charge in [-0.1, -0.05) is 220 Å². The summed E-state index contributed by atoms with van der Waals surface area (Å²) in [7, 11) is 8.30. The summed E-state index contributed by atoms with van der Waals surface area (Å²) in [6, 6.07) is 164. The predicted octanol–water partition coefficient (Wildman–Crippen LogP) is 31.4. The fourth-order valence-corrected chi connectivity index (χ4v) is 16.9. The van der Waals surface area contributed by atoms with E-state index in [2.05, 4.69) is 427 Å². The number of pyridine rings is 4. The second kappa shape index (κ2) is 54.7. The first-order valence-corrected chi connectivity index (χ1v) is 47.0. The standard InChI is InChI=1S/2C22H20N2.2C20H16N2.C11H6F2N.2C11H8NO.C11H8N.4Ir/c1-16-8-6-9-17(2)22(16)18-10-7-11-19(14-18)24-15-23(3)20-12-4-5-13-21(20)24;1-16-13-14-19(17(2)22(16)18-9-5-4-6-10-18)24-15-23(3)20-11-7-8-12-21(20)24;2*1-21-15-22(20-13-6-5-12-19(20)21)18-11-7-10-17(14-18)16-8-3-2-4-9-16;12-8-4-5-9(10(13)7-8)11-3-1-2-6-14-11;2*1-2-6-10(7-3-1)13-11-8-4-5-9-12-11;1-2-6-10(7-3-1)11-8-4-5-9-12-11;;;;/h4-10,12-15H,1-3H3;4-13,15H,1-3H3;2*2-10,12-15H,1H3;1-4,6-7H;2*1-6,8-9H;1-6,8-9H;;;;/q4*-2;4*-1;4*+3. The van der Waals surface area contributed by atoms with E-state index in [9.17, 15) is 8.78 Å². The Kier molecular flexibility index (Phi) is 40.6. The van der Waals surface area contributed by atoms with Crippen LogP contribution in [-0.2, 0) is 80.4 Å². The number of hydrogen-bond donors (Lipinski definition) is 0. The van der Waals surface area contributed by atoms with Crippen molar-refractivity contribution >= 4 is 68.2 Å². The average molecular weight is 2650 g/mol. The smallest absolute Gasteiger partial charge is 0.504 e. The molecule has 0 bridgehead atoms. The Bertz CT molecular complexity index is 7180. The summed E-state index contributed by atoms with van der Waals surface area (Å²) in [5, 5.41) is 0. The number of ether oxygens (including phenoxy) is 2. The van der Waals surface area contributed by atoms with E-state index in [-0.39, 0.29) is 86.0 Å². The average Bonchev–Trinajstić information content (AvgIpc) is 1.58. The number of para-hydroxylation sites is 10. The van der Waals surface area contributed by atoms with Gasteiger partial charge in [-0.15, -0.1) is 141 Å². The molecule has 20 heteroatoms. The first kappa shape index (κ1) is 110. The number of anilines is 12. The van der Waals surface area contributed by atoms with Crippen LogP contribution in [0.1, 0.15) is 22.3 Å². The van der Waals surface area contributed by atoms with Crippen molar-refractivity contribution in [2.45, 2.75) is 27.7 Å². The van der Waals surface area contributed by atoms with Crippen molar-refractivity contribution in [2.75, 3.05) is 67.4 Å². The fourth-order valence-electron chi connectivity index (χ4n) is 16.9. The van der Waals surface area contributed by atoms with Crippen molar-refractivity contribution < 1.29 is 98.7 Å². The summed E-state index contributed by atoms with van der Waals surface area (Å²) in [4.78, 5) is 33.6. The fraction of sp³-hybridized carbons (Fsp3) is 0.0625. The van der Waals surface area contributed by atoms with E-state index >= 15 is 0 Å². The van der Waals surface area contributed by atoms with Crippen molar-refractivity contribution in [3.63, 3.8) is 0 Å². The molecule has 4 aliphatic heterocycles. The van der Waals surface area contributed by atoms with Crippen LogP contribution < -0.4 is 48.7 Å². The summed E-state index contributed by atoms with van der Waals surface area (Å²) in [6.45, 7) is 17.1. The van der Waals surface area contributed by atoms with Gasteiger partial charge in [0.1, 0.15) is 0 Å². The Balaban J connectivity index is 0.000000143. The number of fused-ring (bicyclic) bond motifs is 4. The van der Waals surface area contributed by atoms with E-state index in [1.807, 2.05) is 133 Å². The van der Waals surface area contributed by atoms with Crippen LogP contribution in [-0.4, -0.2) is 48.1 Å². The van der Waals surface area contributed by atoms with Crippen molar-refractivity contribution in [3.8, 4) is 90.3 Å². The van der Waals surface area contributed by atoms with Gasteiger partial charge in [0.25, 0.3) is 0 Å². The summed E-state index contributed by atoms with van der Waals surface area (Å²) < 4.78 is 36.6. The van der Waals surface area contributed by atoms with Gasteiger partial charge in [-0.3, -0.25) is 8.78 Å². The number of nitrogens with zero attached hydrogens (tertiary/aromatic N) is 12. The van der Waals surface area contributed by atoms with Crippen LogP contribution in [0.15, 0.2) is 449 Å². The van der Waals surface area contributed by atoms with Gasteiger partial charge in [0.2, 0.25) is 11.8 Å². The number of halogens is 2. The van der Waals surface area contributed by atoms with Crippen molar-refractivity contribution in [1.82, 2.24) is 19.9 Å². The van der Waals surface area contributed by atoms with E-state index < -0.39 is 11.6 Å². The van der Waals surface area contributed by atoms with Gasteiger partial charge in [0.15, 0.2) is 0 Å². The molecule has 148 heavy (non-hydrogen) atoms. The zero-order valence-electron chi connectivity index (χ0n) is 82.3. The Morgan fingerprint density at radius 3 is 1.01 bits per heavy atom. The molecule has 736 valence electrons. The Labute approximate surface area is 922 Å². The molecule has 0 atom stereocenters. The van der Waals surface area contributed by atoms with Crippen LogP contribution in [0, 0.1) is 115 Å². The maximum atomic E-state index is 13.2. The zero-order chi connectivity index (χ0) is 99.3. The maximum Gasteiger partial charge on any atom is 3.00 e. The molecule has 0 spiro atoms. The minimum absolute atomic E-state index is 0. The molecule has 4 aliphatic rings. The molecule has 4 aromatic heterocycles. The van der Waals surface area contributed by atoms with Gasteiger partial charge in [-0.05, 0) is 160 Å².